The van der Waals surface area contributed by atoms with Crippen LogP contribution in [0.25, 0.3) is 0 Å². The van der Waals surface area contributed by atoms with Crippen molar-refractivity contribution in [1.82, 2.24) is 0 Å². The third-order valence-corrected chi connectivity index (χ3v) is 13.0. The van der Waals surface area contributed by atoms with E-state index in [1.807, 2.05) is 0 Å². The average Bonchev–Trinajstić information content (AvgIpc) is 4.36. The van der Waals surface area contributed by atoms with Crippen molar-refractivity contribution in [2.45, 2.75) is 0 Å². The molecule has 0 unspecified atom stereocenters. The van der Waals surface area contributed by atoms with Gasteiger partial charge in [0.05, 0.1) is 22.7 Å². The zero-order valence-corrected chi connectivity index (χ0v) is 43.6. The summed E-state index contributed by atoms with van der Waals surface area (Å²) in [6.07, 6.45) is 9.76. The molecule has 0 aromatic heterocycles. The molecule has 8 aromatic rings. The van der Waals surface area contributed by atoms with Crippen LogP contribution in [0.3, 0.4) is 0 Å². The Kier molecular flexibility index (Phi) is 14.9. The van der Waals surface area contributed by atoms with E-state index < -0.39 is 47.3 Å². The number of anilines is 4. The Morgan fingerprint density at radius 2 is 0.429 bits per heavy atom. The van der Waals surface area contributed by atoms with Gasteiger partial charge in [-0.05, 0) is 170 Å². The van der Waals surface area contributed by atoms with Gasteiger partial charge in [0.1, 0.15) is 46.0 Å². The van der Waals surface area contributed by atoms with Crippen LogP contribution < -0.4 is 38.5 Å². The lowest BCUT2D eigenvalue weighted by molar-refractivity contribution is -0.121. The highest BCUT2D eigenvalue weighted by Gasteiger charge is 2.29. The number of amides is 8. The van der Waals surface area contributed by atoms with Crippen molar-refractivity contribution in [3.8, 4) is 46.0 Å². The lowest BCUT2D eigenvalue weighted by atomic mass is 10.0. The van der Waals surface area contributed by atoms with Crippen LogP contribution in [-0.4, -0.2) is 58.8 Å². The van der Waals surface area contributed by atoms with Crippen molar-refractivity contribution in [3.63, 3.8) is 0 Å². The minimum atomic E-state index is -0.417. The Morgan fingerprint density at radius 1 is 0.226 bits per heavy atom. The number of hydrogen-bond donors (Lipinski definition) is 0. The molecule has 0 spiro atoms. The van der Waals surface area contributed by atoms with Crippen molar-refractivity contribution in [2.75, 3.05) is 19.6 Å². The van der Waals surface area contributed by atoms with Gasteiger partial charge >= 0.3 is 0 Å². The van der Waals surface area contributed by atoms with Gasteiger partial charge in [0.2, 0.25) is 0 Å². The van der Waals surface area contributed by atoms with Gasteiger partial charge in [0.15, 0.2) is 11.6 Å². The first-order valence-electron chi connectivity index (χ1n) is 25.6. The molecule has 0 aliphatic carbocycles. The number of imide groups is 4. The Balaban J connectivity index is 0.000000175. The summed E-state index contributed by atoms with van der Waals surface area (Å²) in [7, 11) is 0. The first-order valence-corrected chi connectivity index (χ1v) is 25.6. The topological polar surface area (TPSA) is 221 Å². The first kappa shape index (κ1) is 53.8. The summed E-state index contributed by atoms with van der Waals surface area (Å²) in [5.41, 5.74) is 3.53. The first-order chi connectivity index (χ1) is 40.7. The normalized spacial score (nSPS) is 14.2. The summed E-state index contributed by atoms with van der Waals surface area (Å²) in [4.78, 5) is 126. The number of hydrogen-bond acceptors (Lipinski definition) is 14. The second-order valence-corrected chi connectivity index (χ2v) is 18.5. The van der Waals surface area contributed by atoms with Gasteiger partial charge in [-0.1, -0.05) is 12.1 Å². The predicted molar refractivity (Wildman–Crippen MR) is 305 cm³/mol. The zero-order chi connectivity index (χ0) is 58.4. The predicted octanol–water partition coefficient (Wildman–Crippen LogP) is 10.7. The van der Waals surface area contributed by atoms with E-state index in [1.165, 1.54) is 48.6 Å². The number of ether oxygens (including phenoxy) is 4. The number of rotatable bonds is 16. The van der Waals surface area contributed by atoms with Crippen molar-refractivity contribution in [2.24, 2.45) is 0 Å². The summed E-state index contributed by atoms with van der Waals surface area (Å²) in [5.74, 6) is 0.217. The molecule has 8 amide bonds. The molecule has 18 heteroatoms. The lowest BCUT2D eigenvalue weighted by Crippen LogP contribution is -2.29. The highest BCUT2D eigenvalue weighted by Crippen LogP contribution is 2.33. The summed E-state index contributed by atoms with van der Waals surface area (Å²) in [6.45, 7) is 0. The number of carbonyl (C=O) groups is 10. The van der Waals surface area contributed by atoms with E-state index in [2.05, 4.69) is 0 Å². The minimum absolute atomic E-state index is 0.177. The third kappa shape index (κ3) is 11.7. The fourth-order valence-corrected chi connectivity index (χ4v) is 8.89. The lowest BCUT2D eigenvalue weighted by Gasteiger charge is -2.15. The molecule has 18 nitrogen and oxygen atoms in total. The molecule has 84 heavy (non-hydrogen) atoms. The molecule has 0 saturated carbocycles. The molecular weight excluding hydrogens is 1070 g/mol. The monoisotopic (exact) mass is 1110 g/mol. The summed E-state index contributed by atoms with van der Waals surface area (Å²) in [6, 6.07) is 52.9. The maximum Gasteiger partial charge on any atom is 0.258 e. The Labute approximate surface area is 477 Å². The third-order valence-electron chi connectivity index (χ3n) is 13.0. The van der Waals surface area contributed by atoms with E-state index in [-0.39, 0.29) is 11.6 Å². The molecule has 0 radical (unpaired) electrons. The van der Waals surface area contributed by atoms with E-state index in [4.69, 9.17) is 18.9 Å². The highest BCUT2D eigenvalue weighted by molar-refractivity contribution is 6.30. The molecule has 0 bridgehead atoms. The van der Waals surface area contributed by atoms with Crippen LogP contribution in [-0.2, 0) is 38.4 Å². The average molecular weight is 1110 g/mol. The van der Waals surface area contributed by atoms with E-state index in [9.17, 15) is 47.9 Å². The van der Waals surface area contributed by atoms with Crippen molar-refractivity contribution in [1.29, 1.82) is 0 Å². The van der Waals surface area contributed by atoms with Crippen LogP contribution in [0.4, 0.5) is 22.7 Å². The maximum absolute atomic E-state index is 13.1. The van der Waals surface area contributed by atoms with E-state index in [1.54, 1.807) is 194 Å². The summed E-state index contributed by atoms with van der Waals surface area (Å²) < 4.78 is 23.4. The molecule has 0 N–H and O–H groups in total. The van der Waals surface area contributed by atoms with Gasteiger partial charge in [-0.3, -0.25) is 47.9 Å². The smallest absolute Gasteiger partial charge is 0.258 e. The van der Waals surface area contributed by atoms with E-state index in [0.29, 0.717) is 91.0 Å². The fraction of sp³-hybridized carbons (Fsp3) is 0. The van der Waals surface area contributed by atoms with Crippen molar-refractivity contribution >= 4 is 81.6 Å². The SMILES string of the molecule is O=C(c1ccc(Oc2ccc(N3C(=O)C=CC3=O)cc2)cc1)c1ccc(Oc2ccc(N3C(=O)C=CC3=O)cc2)cc1.O=C(c1ccc(Oc2cccc(N3C(=O)C=CC3=O)c2)cc1)c1ccc(Oc2cccc(N3C(=O)C=CC3=O)c2)cc1. The second kappa shape index (κ2) is 23.3. The molecule has 12 rings (SSSR count). The molecule has 0 fully saturated rings. The fourth-order valence-electron chi connectivity index (χ4n) is 8.89. The summed E-state index contributed by atoms with van der Waals surface area (Å²) in [5, 5.41) is 0. The summed E-state index contributed by atoms with van der Waals surface area (Å²) >= 11 is 0. The van der Waals surface area contributed by atoms with Crippen molar-refractivity contribution < 1.29 is 66.9 Å². The van der Waals surface area contributed by atoms with Crippen LogP contribution in [0, 0.1) is 0 Å². The van der Waals surface area contributed by atoms with Gasteiger partial charge in [0.25, 0.3) is 47.3 Å². The van der Waals surface area contributed by atoms with E-state index in [0.717, 1.165) is 19.6 Å². The van der Waals surface area contributed by atoms with Crippen LogP contribution in [0.1, 0.15) is 31.8 Å². The van der Waals surface area contributed by atoms with Crippen LogP contribution in [0.2, 0.25) is 0 Å². The number of ketones is 2. The van der Waals surface area contributed by atoms with E-state index >= 15 is 0 Å². The van der Waals surface area contributed by atoms with Gasteiger partial charge < -0.3 is 18.9 Å². The molecule has 408 valence electrons. The minimum Gasteiger partial charge on any atom is -0.457 e. The number of nitrogens with zero attached hydrogens (tertiary/aromatic N) is 4. The van der Waals surface area contributed by atoms with Crippen LogP contribution >= 0.6 is 0 Å². The second-order valence-electron chi connectivity index (χ2n) is 18.5. The number of benzene rings is 8. The Morgan fingerprint density at radius 3 is 0.667 bits per heavy atom. The Hall–Kier alpha value is -12.2. The van der Waals surface area contributed by atoms with Crippen molar-refractivity contribution in [3.05, 3.63) is 265 Å². The molecular formula is C66H40N4O14. The molecule has 0 saturated heterocycles. The molecule has 4 aliphatic heterocycles. The van der Waals surface area contributed by atoms with Crippen LogP contribution in [0.5, 0.6) is 46.0 Å². The van der Waals surface area contributed by atoms with Gasteiger partial charge in [-0.25, -0.2) is 19.6 Å². The van der Waals surface area contributed by atoms with Crippen LogP contribution in [0.15, 0.2) is 243 Å². The van der Waals surface area contributed by atoms with Gasteiger partial charge in [0, 0.05) is 83.0 Å². The maximum atomic E-state index is 13.1. The Bertz CT molecular complexity index is 3810. The molecule has 4 aliphatic rings. The number of carbonyl (C=O) groups excluding carboxylic acids is 10. The van der Waals surface area contributed by atoms with Gasteiger partial charge in [-0.15, -0.1) is 0 Å². The standard InChI is InChI=1S/2C33H20N2O7/c36-29-17-18-30(37)34(29)23-5-13-27(14-6-23)41-25-9-1-21(2-10-25)33(40)22-3-11-26(12-4-22)42-28-15-7-24(8-16-28)35-31(38)19-20-32(35)39;36-29-15-16-30(37)34(29)23-3-1-5-27(19-23)41-25-11-7-21(8-12-25)33(40)22-9-13-26(14-10-22)42-28-6-2-4-24(20-28)35-31(38)17-18-32(35)39/h2*1-20H. The highest BCUT2D eigenvalue weighted by atomic mass is 16.5. The molecule has 0 atom stereocenters. The van der Waals surface area contributed by atoms with Gasteiger partial charge in [-0.2, -0.15) is 0 Å². The zero-order valence-electron chi connectivity index (χ0n) is 43.6. The molecule has 4 heterocycles. The quantitative estimate of drug-likeness (QED) is 0.0649. The largest absolute Gasteiger partial charge is 0.457 e. The molecule has 8 aromatic carbocycles.